The van der Waals surface area contributed by atoms with E-state index in [2.05, 4.69) is 0 Å². The highest BCUT2D eigenvalue weighted by atomic mass is 16.5. The predicted octanol–water partition coefficient (Wildman–Crippen LogP) is -3.38. The Kier molecular flexibility index (Phi) is 12.0. The molecule has 1 aliphatic heterocycles. The summed E-state index contributed by atoms with van der Waals surface area (Å²) in [5.74, 6) is -4.50. The van der Waals surface area contributed by atoms with E-state index in [0.29, 0.717) is 0 Å². The Morgan fingerprint density at radius 2 is 0.875 bits per heavy atom. The van der Waals surface area contributed by atoms with Gasteiger partial charge in [-0.25, -0.2) is 0 Å². The number of aliphatic hydroxyl groups is 2. The van der Waals surface area contributed by atoms with Gasteiger partial charge in [0, 0.05) is 52.4 Å². The lowest BCUT2D eigenvalue weighted by molar-refractivity contribution is -0.147. The molecule has 6 N–H and O–H groups in total. The van der Waals surface area contributed by atoms with Crippen LogP contribution in [0.25, 0.3) is 0 Å². The Hall–Kier alpha value is -2.36. The summed E-state index contributed by atoms with van der Waals surface area (Å²) in [6.45, 7) is 0.412. The molecule has 1 heterocycles. The minimum Gasteiger partial charge on any atom is -0.481 e. The third-order valence-corrected chi connectivity index (χ3v) is 5.15. The van der Waals surface area contributed by atoms with E-state index in [4.69, 9.17) is 10.2 Å². The van der Waals surface area contributed by atoms with E-state index in [0.717, 1.165) is 0 Å². The zero-order valence-corrected chi connectivity index (χ0v) is 17.7. The van der Waals surface area contributed by atoms with E-state index in [1.807, 2.05) is 0 Å². The van der Waals surface area contributed by atoms with Gasteiger partial charge in [0.1, 0.15) is 0 Å². The first-order valence-corrected chi connectivity index (χ1v) is 10.1. The van der Waals surface area contributed by atoms with Gasteiger partial charge in [-0.05, 0) is 0 Å². The maximum Gasteiger partial charge on any atom is 0.317 e. The van der Waals surface area contributed by atoms with Crippen LogP contribution >= 0.6 is 0 Å². The average molecular weight is 464 g/mol. The van der Waals surface area contributed by atoms with Crippen molar-refractivity contribution in [3.8, 4) is 0 Å². The van der Waals surface area contributed by atoms with Crippen molar-refractivity contribution in [3.63, 3.8) is 0 Å². The average Bonchev–Trinajstić information content (AvgIpc) is 2.65. The fourth-order valence-corrected chi connectivity index (χ4v) is 3.53. The van der Waals surface area contributed by atoms with Crippen LogP contribution in [0.1, 0.15) is 6.42 Å². The number of carboxylic acids is 4. The summed E-state index contributed by atoms with van der Waals surface area (Å²) in [5.41, 5.74) is 0. The molecule has 14 nitrogen and oxygen atoms in total. The minimum absolute atomic E-state index is 0.0999. The molecule has 0 aromatic rings. The molecule has 1 saturated heterocycles. The lowest BCUT2D eigenvalue weighted by Crippen LogP contribution is -2.53. The number of carboxylic acid groups (broad SMARTS) is 4. The van der Waals surface area contributed by atoms with Gasteiger partial charge in [-0.3, -0.25) is 38.8 Å². The van der Waals surface area contributed by atoms with Gasteiger partial charge in [-0.15, -0.1) is 0 Å². The van der Waals surface area contributed by atoms with Crippen molar-refractivity contribution in [2.75, 3.05) is 72.0 Å². The van der Waals surface area contributed by atoms with Gasteiger partial charge in [-0.2, -0.15) is 0 Å². The molecule has 0 bridgehead atoms. The molecule has 0 saturated carbocycles. The monoisotopic (exact) mass is 464 g/mol. The Bertz CT molecular complexity index is 615. The summed E-state index contributed by atoms with van der Waals surface area (Å²) >= 11 is 0. The zero-order valence-electron chi connectivity index (χ0n) is 17.7. The van der Waals surface area contributed by atoms with Crippen molar-refractivity contribution in [3.05, 3.63) is 0 Å². The normalized spacial score (nSPS) is 19.7. The van der Waals surface area contributed by atoms with Gasteiger partial charge in [0.05, 0.1) is 32.1 Å². The molecule has 0 aliphatic carbocycles. The van der Waals surface area contributed by atoms with Crippen molar-refractivity contribution in [2.45, 2.75) is 18.8 Å². The number of carbonyl (C=O) groups is 4. The van der Waals surface area contributed by atoms with Crippen LogP contribution in [0.15, 0.2) is 0 Å². The Balaban J connectivity index is 3.10. The fourth-order valence-electron chi connectivity index (χ4n) is 3.53. The molecule has 0 aromatic carbocycles. The summed E-state index contributed by atoms with van der Waals surface area (Å²) in [5, 5.41) is 56.1. The van der Waals surface area contributed by atoms with Gasteiger partial charge in [0.15, 0.2) is 6.29 Å². The molecule has 0 radical (unpaired) electrons. The number of rotatable bonds is 10. The van der Waals surface area contributed by atoms with Gasteiger partial charge < -0.3 is 30.6 Å². The molecule has 0 aromatic heterocycles. The molecule has 32 heavy (non-hydrogen) atoms. The molecular formula is C18H32N4O10. The van der Waals surface area contributed by atoms with Crippen LogP contribution < -0.4 is 0 Å². The second-order valence-corrected chi connectivity index (χ2v) is 7.62. The highest BCUT2D eigenvalue weighted by Crippen LogP contribution is 2.10. The lowest BCUT2D eigenvalue weighted by Gasteiger charge is -2.36. The second-order valence-electron chi connectivity index (χ2n) is 7.62. The SMILES string of the molecule is O=C(O)CC(C(O)O)N1CCN(CC(=O)O)CCN(CC(=O)O)CCN(CC(=O)O)CC1. The topological polar surface area (TPSA) is 203 Å². The van der Waals surface area contributed by atoms with Crippen molar-refractivity contribution in [1.29, 1.82) is 0 Å². The zero-order chi connectivity index (χ0) is 24.3. The third kappa shape index (κ3) is 11.3. The van der Waals surface area contributed by atoms with E-state index >= 15 is 0 Å². The fraction of sp³-hybridized carbons (Fsp3) is 0.778. The highest BCUT2D eigenvalue weighted by Gasteiger charge is 2.29. The van der Waals surface area contributed by atoms with E-state index < -0.39 is 42.6 Å². The smallest absolute Gasteiger partial charge is 0.317 e. The molecule has 1 unspecified atom stereocenters. The van der Waals surface area contributed by atoms with Crippen LogP contribution in [0, 0.1) is 0 Å². The standard InChI is InChI=1S/C18H32N4O10/c23-14(24)9-13(18(31)32)22-7-5-20(11-16(27)28)3-1-19(10-15(25)26)2-4-21(6-8-22)12-17(29)30/h13,18,31-32H,1-12H2,(H,23,24)(H,25,26)(H,27,28)(H,29,30). The molecule has 1 fully saturated rings. The molecule has 1 rings (SSSR count). The van der Waals surface area contributed by atoms with E-state index in [9.17, 15) is 39.6 Å². The summed E-state index contributed by atoms with van der Waals surface area (Å²) < 4.78 is 0. The summed E-state index contributed by atoms with van der Waals surface area (Å²) in [4.78, 5) is 51.0. The minimum atomic E-state index is -1.97. The van der Waals surface area contributed by atoms with Crippen LogP contribution in [0.5, 0.6) is 0 Å². The number of hydrogen-bond donors (Lipinski definition) is 6. The molecule has 14 heteroatoms. The number of hydrogen-bond acceptors (Lipinski definition) is 10. The Morgan fingerprint density at radius 3 is 1.12 bits per heavy atom. The maximum absolute atomic E-state index is 11.2. The van der Waals surface area contributed by atoms with E-state index in [1.54, 1.807) is 14.7 Å². The number of nitrogens with zero attached hydrogens (tertiary/aromatic N) is 4. The molecule has 0 spiro atoms. The molecular weight excluding hydrogens is 432 g/mol. The lowest BCUT2D eigenvalue weighted by atomic mass is 10.1. The summed E-state index contributed by atoms with van der Waals surface area (Å²) in [6.07, 6.45) is -2.53. The molecule has 0 amide bonds. The largest absolute Gasteiger partial charge is 0.481 e. The molecule has 1 atom stereocenters. The Labute approximate surface area is 184 Å². The summed E-state index contributed by atoms with van der Waals surface area (Å²) in [7, 11) is 0. The second kappa shape index (κ2) is 13.9. The summed E-state index contributed by atoms with van der Waals surface area (Å²) in [6, 6.07) is -1.17. The van der Waals surface area contributed by atoms with E-state index in [-0.39, 0.29) is 72.0 Å². The van der Waals surface area contributed by atoms with Crippen LogP contribution in [-0.2, 0) is 19.2 Å². The predicted molar refractivity (Wildman–Crippen MR) is 108 cm³/mol. The van der Waals surface area contributed by atoms with Gasteiger partial charge >= 0.3 is 23.9 Å². The maximum atomic E-state index is 11.2. The quantitative estimate of drug-likeness (QED) is 0.175. The van der Waals surface area contributed by atoms with Crippen LogP contribution in [0.3, 0.4) is 0 Å². The first kappa shape index (κ1) is 27.7. The third-order valence-electron chi connectivity index (χ3n) is 5.15. The Morgan fingerprint density at radius 1 is 0.562 bits per heavy atom. The van der Waals surface area contributed by atoms with Crippen molar-refractivity contribution >= 4 is 23.9 Å². The van der Waals surface area contributed by atoms with Gasteiger partial charge in [-0.1, -0.05) is 0 Å². The van der Waals surface area contributed by atoms with Crippen molar-refractivity contribution in [2.24, 2.45) is 0 Å². The van der Waals surface area contributed by atoms with Crippen LogP contribution in [-0.4, -0.2) is 158 Å². The van der Waals surface area contributed by atoms with Gasteiger partial charge in [0.25, 0.3) is 0 Å². The van der Waals surface area contributed by atoms with Crippen LogP contribution in [0.4, 0.5) is 0 Å². The molecule has 1 aliphatic rings. The highest BCUT2D eigenvalue weighted by molar-refractivity contribution is 5.70. The molecule has 184 valence electrons. The van der Waals surface area contributed by atoms with Gasteiger partial charge in [0.2, 0.25) is 0 Å². The number of aliphatic carboxylic acids is 4. The first-order valence-electron chi connectivity index (χ1n) is 10.1. The first-order chi connectivity index (χ1) is 15.0. The van der Waals surface area contributed by atoms with Crippen molar-refractivity contribution in [1.82, 2.24) is 19.6 Å². The van der Waals surface area contributed by atoms with E-state index in [1.165, 1.54) is 4.90 Å². The van der Waals surface area contributed by atoms with Crippen molar-refractivity contribution < 1.29 is 49.8 Å². The number of aliphatic hydroxyl groups excluding tert-OH is 1. The van der Waals surface area contributed by atoms with Crippen LogP contribution in [0.2, 0.25) is 0 Å².